The first-order valence-corrected chi connectivity index (χ1v) is 13.1. The molecular weight excluding hydrogens is 478 g/mol. The molecule has 5 rings (SSSR count). The highest BCUT2D eigenvalue weighted by molar-refractivity contribution is 8.01. The number of nitrogens with one attached hydrogen (secondary N) is 1. The summed E-state index contributed by atoms with van der Waals surface area (Å²) in [6, 6.07) is 10.9. The van der Waals surface area contributed by atoms with E-state index in [1.165, 1.54) is 28.0 Å². The van der Waals surface area contributed by atoms with Crippen LogP contribution in [0, 0.1) is 18.8 Å². The van der Waals surface area contributed by atoms with Crippen LogP contribution in [-0.2, 0) is 14.4 Å². The van der Waals surface area contributed by atoms with Gasteiger partial charge in [-0.3, -0.25) is 19.3 Å². The lowest BCUT2D eigenvalue weighted by Crippen LogP contribution is -2.30. The topological polar surface area (TPSA) is 79.4 Å². The molecule has 0 bridgehead atoms. The van der Waals surface area contributed by atoms with E-state index in [2.05, 4.69) is 10.3 Å². The fourth-order valence-corrected chi connectivity index (χ4v) is 6.63. The molecule has 2 fully saturated rings. The molecular formula is C24H22ClN3O3S2. The van der Waals surface area contributed by atoms with Crippen molar-refractivity contribution in [2.75, 3.05) is 16.0 Å². The maximum absolute atomic E-state index is 12.9. The second-order valence-corrected chi connectivity index (χ2v) is 11.1. The number of amides is 3. The molecule has 9 heteroatoms. The molecule has 6 nitrogen and oxygen atoms in total. The van der Waals surface area contributed by atoms with Gasteiger partial charge in [-0.25, -0.2) is 4.98 Å². The number of anilines is 2. The van der Waals surface area contributed by atoms with E-state index in [1.54, 1.807) is 18.2 Å². The van der Waals surface area contributed by atoms with Crippen molar-refractivity contribution < 1.29 is 14.4 Å². The molecule has 1 saturated carbocycles. The first-order valence-electron chi connectivity index (χ1n) is 10.9. The van der Waals surface area contributed by atoms with E-state index in [0.29, 0.717) is 16.4 Å². The average molecular weight is 500 g/mol. The summed E-state index contributed by atoms with van der Waals surface area (Å²) in [5, 5.41) is 3.46. The lowest BCUT2D eigenvalue weighted by molar-refractivity contribution is -0.122. The van der Waals surface area contributed by atoms with Crippen molar-refractivity contribution in [1.29, 1.82) is 0 Å². The highest BCUT2D eigenvalue weighted by Crippen LogP contribution is 2.41. The van der Waals surface area contributed by atoms with Gasteiger partial charge in [-0.1, -0.05) is 42.3 Å². The van der Waals surface area contributed by atoms with E-state index in [0.717, 1.165) is 45.8 Å². The molecule has 1 N–H and O–H groups in total. The Labute approximate surface area is 204 Å². The van der Waals surface area contributed by atoms with Crippen molar-refractivity contribution in [2.45, 2.75) is 36.9 Å². The number of fused-ring (bicyclic) bond motifs is 2. The normalized spacial score (nSPS) is 20.4. The minimum atomic E-state index is -0.170. The van der Waals surface area contributed by atoms with E-state index < -0.39 is 0 Å². The van der Waals surface area contributed by atoms with E-state index in [9.17, 15) is 14.4 Å². The highest BCUT2D eigenvalue weighted by atomic mass is 35.5. The highest BCUT2D eigenvalue weighted by Gasteiger charge is 2.48. The van der Waals surface area contributed by atoms with Gasteiger partial charge in [-0.2, -0.15) is 0 Å². The summed E-state index contributed by atoms with van der Waals surface area (Å²) in [5.41, 5.74) is 3.04. The number of nitrogens with zero attached hydrogens (tertiary/aromatic N) is 2. The predicted molar refractivity (Wildman–Crippen MR) is 133 cm³/mol. The van der Waals surface area contributed by atoms with E-state index in [-0.39, 0.29) is 35.3 Å². The number of thiazole rings is 1. The van der Waals surface area contributed by atoms with Crippen LogP contribution < -0.4 is 10.2 Å². The quantitative estimate of drug-likeness (QED) is 0.361. The molecule has 3 aromatic rings. The van der Waals surface area contributed by atoms with Gasteiger partial charge in [-0.15, -0.1) is 11.3 Å². The van der Waals surface area contributed by atoms with Gasteiger partial charge in [0.15, 0.2) is 4.34 Å². The molecule has 3 amide bonds. The Morgan fingerprint density at radius 3 is 2.61 bits per heavy atom. The van der Waals surface area contributed by atoms with Crippen LogP contribution in [0.1, 0.15) is 31.2 Å². The van der Waals surface area contributed by atoms with Gasteiger partial charge in [0.05, 0.1) is 33.5 Å². The first kappa shape index (κ1) is 22.4. The van der Waals surface area contributed by atoms with E-state index in [4.69, 9.17) is 11.6 Å². The van der Waals surface area contributed by atoms with Crippen LogP contribution in [0.5, 0.6) is 0 Å². The van der Waals surface area contributed by atoms with Gasteiger partial charge in [-0.05, 0) is 55.7 Å². The first-order chi connectivity index (χ1) is 15.9. The van der Waals surface area contributed by atoms with Gasteiger partial charge < -0.3 is 5.32 Å². The number of halogens is 1. The molecule has 2 aliphatic rings. The van der Waals surface area contributed by atoms with Crippen LogP contribution in [0.4, 0.5) is 11.4 Å². The van der Waals surface area contributed by atoms with E-state index >= 15 is 0 Å². The zero-order chi connectivity index (χ0) is 23.1. The molecule has 170 valence electrons. The fourth-order valence-electron chi connectivity index (χ4n) is 4.55. The molecule has 2 atom stereocenters. The molecule has 1 aliphatic heterocycles. The maximum atomic E-state index is 12.9. The number of hydrogen-bond donors (Lipinski definition) is 1. The van der Waals surface area contributed by atoms with Crippen LogP contribution in [0.15, 0.2) is 40.7 Å². The maximum Gasteiger partial charge on any atom is 0.237 e. The Morgan fingerprint density at radius 2 is 1.88 bits per heavy atom. The lowest BCUT2D eigenvalue weighted by Gasteiger charge is -2.19. The smallest absolute Gasteiger partial charge is 0.237 e. The summed E-state index contributed by atoms with van der Waals surface area (Å²) < 4.78 is 1.64. The van der Waals surface area contributed by atoms with Gasteiger partial charge in [0.2, 0.25) is 17.7 Å². The van der Waals surface area contributed by atoms with Crippen LogP contribution in [0.2, 0.25) is 5.02 Å². The Kier molecular flexibility index (Phi) is 6.16. The van der Waals surface area contributed by atoms with Crippen molar-refractivity contribution in [2.24, 2.45) is 11.8 Å². The average Bonchev–Trinajstić information content (AvgIpc) is 3.33. The molecule has 2 aromatic carbocycles. The number of carbonyl (C=O) groups excluding carboxylic acids is 3. The Bertz CT molecular complexity index is 1250. The molecule has 0 spiro atoms. The monoisotopic (exact) mass is 499 g/mol. The van der Waals surface area contributed by atoms with Gasteiger partial charge in [0, 0.05) is 10.7 Å². The molecule has 1 aliphatic carbocycles. The van der Waals surface area contributed by atoms with Crippen molar-refractivity contribution in [3.63, 3.8) is 0 Å². The second-order valence-electron chi connectivity index (χ2n) is 8.44. The number of aromatic nitrogens is 1. The van der Waals surface area contributed by atoms with Crippen LogP contribution in [0.25, 0.3) is 10.2 Å². The van der Waals surface area contributed by atoms with Gasteiger partial charge in [0.1, 0.15) is 0 Å². The lowest BCUT2D eigenvalue weighted by atomic mass is 9.81. The minimum Gasteiger partial charge on any atom is -0.325 e. The molecule has 33 heavy (non-hydrogen) atoms. The summed E-state index contributed by atoms with van der Waals surface area (Å²) >= 11 is 8.83. The van der Waals surface area contributed by atoms with Crippen molar-refractivity contribution in [3.8, 4) is 0 Å². The van der Waals surface area contributed by atoms with Crippen LogP contribution in [-0.4, -0.2) is 28.5 Å². The number of thioether (sulfide) groups is 1. The zero-order valence-corrected chi connectivity index (χ0v) is 20.4. The Morgan fingerprint density at radius 1 is 1.15 bits per heavy atom. The van der Waals surface area contributed by atoms with Gasteiger partial charge in [0.25, 0.3) is 0 Å². The molecule has 1 saturated heterocycles. The standard InChI is InChI=1S/C24H22ClN3O3S2/c1-13-6-7-14(25)10-19(13)26-21(29)12-32-24-27-18-9-8-15(11-20(18)33-24)28-22(30)16-4-2-3-5-17(16)23(28)31/h6-11,16-17H,2-5,12H2,1H3,(H,26,29)/t16-,17-/m1/s1. The van der Waals surface area contributed by atoms with Crippen LogP contribution >= 0.6 is 34.7 Å². The summed E-state index contributed by atoms with van der Waals surface area (Å²) in [5.74, 6) is -0.411. The van der Waals surface area contributed by atoms with Crippen molar-refractivity contribution >= 4 is 74.0 Å². The predicted octanol–water partition coefficient (Wildman–Crippen LogP) is 5.67. The molecule has 0 unspecified atom stereocenters. The number of hydrogen-bond acceptors (Lipinski definition) is 6. The second kappa shape index (κ2) is 9.08. The van der Waals surface area contributed by atoms with Crippen molar-refractivity contribution in [3.05, 3.63) is 47.0 Å². The minimum absolute atomic E-state index is 0.0730. The largest absolute Gasteiger partial charge is 0.325 e. The number of rotatable bonds is 5. The van der Waals surface area contributed by atoms with E-state index in [1.807, 2.05) is 25.1 Å². The Hall–Kier alpha value is -2.42. The Balaban J connectivity index is 1.29. The summed E-state index contributed by atoms with van der Waals surface area (Å²) in [6.45, 7) is 1.91. The summed E-state index contributed by atoms with van der Waals surface area (Å²) in [4.78, 5) is 44.2. The fraction of sp³-hybridized carbons (Fsp3) is 0.333. The SMILES string of the molecule is Cc1ccc(Cl)cc1NC(=O)CSc1nc2ccc(N3C(=O)[C@@H]4CCCC[C@H]4C3=O)cc2s1. The summed E-state index contributed by atoms with van der Waals surface area (Å²) in [6.07, 6.45) is 3.61. The molecule has 0 radical (unpaired) electrons. The van der Waals surface area contributed by atoms with Gasteiger partial charge >= 0.3 is 0 Å². The molecule has 2 heterocycles. The number of benzene rings is 2. The third kappa shape index (κ3) is 4.39. The third-order valence-corrected chi connectivity index (χ3v) is 8.65. The summed E-state index contributed by atoms with van der Waals surface area (Å²) in [7, 11) is 0. The van der Waals surface area contributed by atoms with Crippen molar-refractivity contribution in [1.82, 2.24) is 4.98 Å². The number of carbonyl (C=O) groups is 3. The molecule has 1 aromatic heterocycles. The zero-order valence-electron chi connectivity index (χ0n) is 18.0. The third-order valence-electron chi connectivity index (χ3n) is 6.25. The number of imide groups is 1. The number of aryl methyl sites for hydroxylation is 1. The van der Waals surface area contributed by atoms with Crippen LogP contribution in [0.3, 0.4) is 0 Å².